The molecule has 1 N–H and O–H groups in total. The number of rotatable bonds is 7. The van der Waals surface area contributed by atoms with Gasteiger partial charge < -0.3 is 15.5 Å². The smallest absolute Gasteiger partial charge is 0.0764 e. The van der Waals surface area contributed by atoms with Crippen LogP contribution in [0.1, 0.15) is 25.7 Å². The first kappa shape index (κ1) is 12.0. The van der Waals surface area contributed by atoms with Gasteiger partial charge in [0.05, 0.1) is 13.6 Å². The molecular formula is C7H16N3O3-. The molecule has 0 atom stereocenters. The Kier molecular flexibility index (Phi) is 6.99. The summed E-state index contributed by atoms with van der Waals surface area (Å²) in [4.78, 5) is 0.0338. The Labute approximate surface area is 77.6 Å². The maximum absolute atomic E-state index is 10.6. The van der Waals surface area contributed by atoms with E-state index in [0.29, 0.717) is 6.54 Å². The summed E-state index contributed by atoms with van der Waals surface area (Å²) in [6.07, 6.45) is 3.50. The quantitative estimate of drug-likeness (QED) is 0.279. The lowest BCUT2D eigenvalue weighted by molar-refractivity contribution is -0.684. The van der Waals surface area contributed by atoms with Crippen molar-refractivity contribution in [3.8, 4) is 0 Å². The first-order chi connectivity index (χ1) is 6.22. The molecule has 0 aliphatic carbocycles. The van der Waals surface area contributed by atoms with Crippen LogP contribution in [0.4, 0.5) is 0 Å². The molecule has 78 valence electrons. The SMILES string of the molecule is CN(CCCCCCO)/[N+]([O-])=N\[O-]. The Morgan fingerprint density at radius 2 is 1.92 bits per heavy atom. The van der Waals surface area contributed by atoms with Crippen molar-refractivity contribution in [3.63, 3.8) is 0 Å². The summed E-state index contributed by atoms with van der Waals surface area (Å²) in [5.41, 5.74) is 0. The second-order valence-corrected chi connectivity index (χ2v) is 2.85. The van der Waals surface area contributed by atoms with Gasteiger partial charge in [0.1, 0.15) is 0 Å². The van der Waals surface area contributed by atoms with Gasteiger partial charge in [0.2, 0.25) is 0 Å². The first-order valence-electron chi connectivity index (χ1n) is 4.34. The third-order valence-corrected chi connectivity index (χ3v) is 1.75. The highest BCUT2D eigenvalue weighted by Crippen LogP contribution is 2.00. The second kappa shape index (κ2) is 7.60. The van der Waals surface area contributed by atoms with Gasteiger partial charge in [-0.05, 0) is 18.1 Å². The van der Waals surface area contributed by atoms with Crippen LogP contribution in [0.25, 0.3) is 0 Å². The molecule has 0 fully saturated rings. The van der Waals surface area contributed by atoms with Gasteiger partial charge in [-0.1, -0.05) is 12.8 Å². The molecule has 0 rings (SSSR count). The maximum Gasteiger partial charge on any atom is 0.0764 e. The van der Waals surface area contributed by atoms with Crippen molar-refractivity contribution in [1.82, 2.24) is 5.01 Å². The minimum atomic E-state index is 0.0338. The highest BCUT2D eigenvalue weighted by molar-refractivity contribution is 4.44. The highest BCUT2D eigenvalue weighted by Gasteiger charge is 2.02. The molecule has 0 saturated heterocycles. The number of hydrogen-bond acceptors (Lipinski definition) is 4. The summed E-state index contributed by atoms with van der Waals surface area (Å²) in [5, 5.41) is 32.2. The Hall–Kier alpha value is -1.04. The molecule has 0 spiro atoms. The first-order valence-corrected chi connectivity index (χ1v) is 4.34. The van der Waals surface area contributed by atoms with E-state index in [9.17, 15) is 10.4 Å². The van der Waals surface area contributed by atoms with Crippen molar-refractivity contribution in [2.24, 2.45) is 5.28 Å². The summed E-state index contributed by atoms with van der Waals surface area (Å²) < 4.78 is 0. The number of hydrogen-bond donors (Lipinski definition) is 1. The van der Waals surface area contributed by atoms with E-state index in [4.69, 9.17) is 5.11 Å². The average molecular weight is 190 g/mol. The number of unbranched alkanes of at least 4 members (excludes halogenated alkanes) is 3. The summed E-state index contributed by atoms with van der Waals surface area (Å²) in [7, 11) is 1.51. The van der Waals surface area contributed by atoms with E-state index < -0.39 is 0 Å². The van der Waals surface area contributed by atoms with E-state index in [0.717, 1.165) is 25.7 Å². The molecule has 13 heavy (non-hydrogen) atoms. The second-order valence-electron chi connectivity index (χ2n) is 2.85. The topological polar surface area (TPSA) is 85.0 Å². The molecule has 0 aromatic rings. The molecule has 0 radical (unpaired) electrons. The standard InChI is InChI=1S/C7H17N3O3/c1-9(10(13)8-12)6-4-2-3-5-7-11/h11-12H,2-7H2,1H3/p-1/b10-8+. The van der Waals surface area contributed by atoms with Crippen molar-refractivity contribution in [2.75, 3.05) is 20.2 Å². The normalized spacial score (nSPS) is 11.7. The molecule has 0 heterocycles. The lowest BCUT2D eigenvalue weighted by atomic mass is 10.2. The van der Waals surface area contributed by atoms with Gasteiger partial charge in [0.15, 0.2) is 0 Å². The van der Waals surface area contributed by atoms with Crippen LogP contribution in [0.2, 0.25) is 0 Å². The molecule has 0 aliphatic heterocycles. The fourth-order valence-electron chi connectivity index (χ4n) is 0.954. The van der Waals surface area contributed by atoms with E-state index in [-0.39, 0.29) is 11.6 Å². The van der Waals surface area contributed by atoms with Crippen LogP contribution in [0.15, 0.2) is 5.28 Å². The zero-order valence-corrected chi connectivity index (χ0v) is 7.85. The van der Waals surface area contributed by atoms with Gasteiger partial charge in [-0.15, -0.1) is 0 Å². The predicted molar refractivity (Wildman–Crippen MR) is 47.6 cm³/mol. The summed E-state index contributed by atoms with van der Waals surface area (Å²) in [6.45, 7) is 0.722. The van der Waals surface area contributed by atoms with E-state index in [1.807, 2.05) is 0 Å². The van der Waals surface area contributed by atoms with Gasteiger partial charge in [-0.25, -0.2) is 0 Å². The van der Waals surface area contributed by atoms with Crippen molar-refractivity contribution in [2.45, 2.75) is 25.7 Å². The Morgan fingerprint density at radius 1 is 1.31 bits per heavy atom. The lowest BCUT2D eigenvalue weighted by Crippen LogP contribution is -2.26. The van der Waals surface area contributed by atoms with Crippen LogP contribution in [0.5, 0.6) is 0 Å². The van der Waals surface area contributed by atoms with Gasteiger partial charge >= 0.3 is 0 Å². The molecule has 0 aromatic heterocycles. The van der Waals surface area contributed by atoms with E-state index in [1.54, 1.807) is 0 Å². The third kappa shape index (κ3) is 6.15. The van der Waals surface area contributed by atoms with Gasteiger partial charge in [-0.2, -0.15) is 5.01 Å². The van der Waals surface area contributed by atoms with Crippen LogP contribution in [-0.2, 0) is 0 Å². The van der Waals surface area contributed by atoms with Crippen molar-refractivity contribution < 1.29 is 10.1 Å². The molecule has 0 bridgehead atoms. The van der Waals surface area contributed by atoms with Gasteiger partial charge in [0, 0.05) is 11.6 Å². The minimum Gasteiger partial charge on any atom is -0.737 e. The zero-order valence-electron chi connectivity index (χ0n) is 7.85. The number of hydrazine groups is 1. The average Bonchev–Trinajstić information content (AvgIpc) is 2.16. The third-order valence-electron chi connectivity index (χ3n) is 1.75. The Morgan fingerprint density at radius 3 is 2.46 bits per heavy atom. The van der Waals surface area contributed by atoms with E-state index in [2.05, 4.69) is 5.28 Å². The molecular weight excluding hydrogens is 174 g/mol. The van der Waals surface area contributed by atoms with Crippen molar-refractivity contribution in [3.05, 3.63) is 10.4 Å². The zero-order chi connectivity index (χ0) is 10.1. The van der Waals surface area contributed by atoms with Crippen LogP contribution < -0.4 is 0 Å². The predicted octanol–water partition coefficient (Wildman–Crippen LogP) is 0.846. The number of aliphatic hydroxyl groups is 1. The summed E-state index contributed by atoms with van der Waals surface area (Å²) in [6, 6.07) is 0. The molecule has 0 aliphatic rings. The largest absolute Gasteiger partial charge is 0.737 e. The fourth-order valence-corrected chi connectivity index (χ4v) is 0.954. The van der Waals surface area contributed by atoms with E-state index >= 15 is 0 Å². The lowest BCUT2D eigenvalue weighted by Gasteiger charge is -2.13. The molecule has 0 aromatic carbocycles. The molecule has 0 saturated carbocycles. The summed E-state index contributed by atoms with van der Waals surface area (Å²) in [5.74, 6) is 0. The van der Waals surface area contributed by atoms with Crippen molar-refractivity contribution >= 4 is 0 Å². The fraction of sp³-hybridized carbons (Fsp3) is 1.00. The van der Waals surface area contributed by atoms with Crippen LogP contribution in [-0.4, -0.2) is 35.3 Å². The highest BCUT2D eigenvalue weighted by atomic mass is 16.6. The van der Waals surface area contributed by atoms with Gasteiger partial charge in [0.25, 0.3) is 0 Å². The van der Waals surface area contributed by atoms with Crippen LogP contribution in [0, 0.1) is 10.4 Å². The Bertz CT molecular complexity index is 152. The van der Waals surface area contributed by atoms with Crippen LogP contribution in [0.3, 0.4) is 0 Å². The maximum atomic E-state index is 10.6. The number of nitrogens with zero attached hydrogens (tertiary/aromatic N) is 3. The molecule has 0 unspecified atom stereocenters. The van der Waals surface area contributed by atoms with E-state index in [1.165, 1.54) is 12.1 Å². The van der Waals surface area contributed by atoms with Crippen LogP contribution >= 0.6 is 0 Å². The Balaban J connectivity index is 3.32. The monoisotopic (exact) mass is 190 g/mol. The number of aliphatic hydroxyl groups excluding tert-OH is 1. The summed E-state index contributed by atoms with van der Waals surface area (Å²) >= 11 is 0. The minimum absolute atomic E-state index is 0.0338. The van der Waals surface area contributed by atoms with Crippen molar-refractivity contribution in [1.29, 1.82) is 0 Å². The molecule has 0 amide bonds. The molecule has 6 heteroatoms. The molecule has 6 nitrogen and oxygen atoms in total. The van der Waals surface area contributed by atoms with Gasteiger partial charge in [-0.3, -0.25) is 0 Å².